The predicted octanol–water partition coefficient (Wildman–Crippen LogP) is 3.18. The number of benzene rings is 1. The topological polar surface area (TPSA) is 66.1 Å². The molecule has 25 heavy (non-hydrogen) atoms. The second-order valence-corrected chi connectivity index (χ2v) is 7.33. The summed E-state index contributed by atoms with van der Waals surface area (Å²) in [5.74, 6) is 0.0947. The third kappa shape index (κ3) is 4.51. The minimum absolute atomic E-state index is 0.0947. The van der Waals surface area contributed by atoms with E-state index in [4.69, 9.17) is 0 Å². The highest BCUT2D eigenvalue weighted by Crippen LogP contribution is 2.35. The van der Waals surface area contributed by atoms with Gasteiger partial charge >= 0.3 is 0 Å². The number of nitrogens with one attached hydrogen (secondary N) is 1. The minimum Gasteiger partial charge on any atom is -0.341 e. The maximum Gasteiger partial charge on any atom is 0.251 e. The lowest BCUT2D eigenvalue weighted by Crippen LogP contribution is -2.31. The summed E-state index contributed by atoms with van der Waals surface area (Å²) in [5.41, 5.74) is 1.54. The average Bonchev–Trinajstić information content (AvgIpc) is 3.14. The summed E-state index contributed by atoms with van der Waals surface area (Å²) in [5, 5.41) is 0.122. The van der Waals surface area contributed by atoms with Crippen molar-refractivity contribution in [2.24, 2.45) is 0 Å². The van der Waals surface area contributed by atoms with Crippen LogP contribution in [-0.2, 0) is 11.2 Å². The van der Waals surface area contributed by atoms with Crippen LogP contribution in [0.25, 0.3) is 0 Å². The van der Waals surface area contributed by atoms with E-state index in [2.05, 4.69) is 16.9 Å². The first-order valence-corrected chi connectivity index (χ1v) is 9.66. The molecule has 1 amide bonds. The highest BCUT2D eigenvalue weighted by atomic mass is 32.2. The van der Waals surface area contributed by atoms with E-state index in [0.717, 1.165) is 50.0 Å². The Morgan fingerprint density at radius 2 is 2.00 bits per heavy atom. The van der Waals surface area contributed by atoms with Crippen LogP contribution in [0, 0.1) is 0 Å². The lowest BCUT2D eigenvalue weighted by molar-refractivity contribution is -0.129. The molecule has 1 atom stereocenters. The molecule has 1 aliphatic heterocycles. The van der Waals surface area contributed by atoms with Crippen LogP contribution in [-0.4, -0.2) is 33.9 Å². The van der Waals surface area contributed by atoms with Gasteiger partial charge in [0, 0.05) is 24.8 Å². The van der Waals surface area contributed by atoms with Gasteiger partial charge in [-0.1, -0.05) is 55.4 Å². The molecule has 1 fully saturated rings. The van der Waals surface area contributed by atoms with Gasteiger partial charge in [0.15, 0.2) is 5.16 Å². The standard InChI is InChI=1S/C19H23N3O2S/c1-2-8-15-13-16(23)21-19(20-15)25-17(14-9-4-3-5-10-14)18(24)22-11-6-7-12-22/h3-5,9-10,13,17H,2,6-8,11-12H2,1H3,(H,20,21,23)/t17-/m0/s1. The molecule has 0 saturated carbocycles. The maximum atomic E-state index is 13.0. The molecule has 0 bridgehead atoms. The van der Waals surface area contributed by atoms with Crippen molar-refractivity contribution in [2.75, 3.05) is 13.1 Å². The molecule has 6 heteroatoms. The number of carbonyl (C=O) groups excluding carboxylic acids is 1. The number of aromatic nitrogens is 2. The van der Waals surface area contributed by atoms with Gasteiger partial charge in [-0.3, -0.25) is 9.59 Å². The van der Waals surface area contributed by atoms with Gasteiger partial charge in [-0.05, 0) is 24.8 Å². The molecule has 0 radical (unpaired) electrons. The molecule has 1 N–H and O–H groups in total. The zero-order valence-electron chi connectivity index (χ0n) is 14.4. The van der Waals surface area contributed by atoms with Crippen LogP contribution in [0.3, 0.4) is 0 Å². The molecular weight excluding hydrogens is 334 g/mol. The molecule has 3 rings (SSSR count). The number of aromatic amines is 1. The van der Waals surface area contributed by atoms with Crippen molar-refractivity contribution >= 4 is 17.7 Å². The number of H-pyrrole nitrogens is 1. The second kappa shape index (κ2) is 8.34. The predicted molar refractivity (Wildman–Crippen MR) is 99.7 cm³/mol. The number of amides is 1. The molecule has 0 unspecified atom stereocenters. The van der Waals surface area contributed by atoms with Gasteiger partial charge in [0.1, 0.15) is 5.25 Å². The van der Waals surface area contributed by atoms with E-state index in [1.807, 2.05) is 35.2 Å². The number of thioether (sulfide) groups is 1. The Balaban J connectivity index is 1.90. The largest absolute Gasteiger partial charge is 0.341 e. The maximum absolute atomic E-state index is 13.0. The quantitative estimate of drug-likeness (QED) is 0.637. The van der Waals surface area contributed by atoms with Gasteiger partial charge in [-0.25, -0.2) is 4.98 Å². The Bertz CT molecular complexity index is 770. The zero-order valence-corrected chi connectivity index (χ0v) is 15.2. The van der Waals surface area contributed by atoms with Gasteiger partial charge in [0.2, 0.25) is 5.91 Å². The highest BCUT2D eigenvalue weighted by molar-refractivity contribution is 8.00. The van der Waals surface area contributed by atoms with Crippen molar-refractivity contribution in [2.45, 2.75) is 43.0 Å². The fourth-order valence-electron chi connectivity index (χ4n) is 3.03. The fourth-order valence-corrected chi connectivity index (χ4v) is 4.12. The van der Waals surface area contributed by atoms with E-state index in [1.165, 1.54) is 17.8 Å². The van der Waals surface area contributed by atoms with E-state index in [-0.39, 0.29) is 16.7 Å². The number of carbonyl (C=O) groups is 1. The van der Waals surface area contributed by atoms with E-state index in [1.54, 1.807) is 0 Å². The van der Waals surface area contributed by atoms with E-state index in [0.29, 0.717) is 5.16 Å². The third-order valence-corrected chi connectivity index (χ3v) is 5.38. The number of likely N-dealkylation sites (tertiary alicyclic amines) is 1. The lowest BCUT2D eigenvalue weighted by atomic mass is 10.1. The van der Waals surface area contributed by atoms with Gasteiger partial charge in [0.05, 0.1) is 0 Å². The minimum atomic E-state index is -0.390. The molecule has 132 valence electrons. The van der Waals surface area contributed by atoms with Gasteiger partial charge in [0.25, 0.3) is 5.56 Å². The van der Waals surface area contributed by atoms with Crippen LogP contribution >= 0.6 is 11.8 Å². The van der Waals surface area contributed by atoms with Gasteiger partial charge in [-0.2, -0.15) is 0 Å². The number of nitrogens with zero attached hydrogens (tertiary/aromatic N) is 2. The Morgan fingerprint density at radius 3 is 2.68 bits per heavy atom. The van der Waals surface area contributed by atoms with Crippen LogP contribution in [0.1, 0.15) is 42.7 Å². The summed E-state index contributed by atoms with van der Waals surface area (Å²) in [6.07, 6.45) is 3.79. The summed E-state index contributed by atoms with van der Waals surface area (Å²) in [7, 11) is 0. The fraction of sp³-hybridized carbons (Fsp3) is 0.421. The summed E-state index contributed by atoms with van der Waals surface area (Å²) in [6.45, 7) is 3.67. The van der Waals surface area contributed by atoms with Crippen LogP contribution in [0.5, 0.6) is 0 Å². The van der Waals surface area contributed by atoms with Crippen molar-refractivity contribution in [1.82, 2.24) is 14.9 Å². The molecule has 0 aliphatic carbocycles. The van der Waals surface area contributed by atoms with E-state index < -0.39 is 0 Å². The SMILES string of the molecule is CCCc1cc(=O)[nH]c(S[C@H](C(=O)N2CCCC2)c2ccccc2)n1. The molecule has 2 heterocycles. The van der Waals surface area contributed by atoms with Gasteiger partial charge < -0.3 is 9.88 Å². The summed E-state index contributed by atoms with van der Waals surface area (Å²) in [6, 6.07) is 11.3. The van der Waals surface area contributed by atoms with Crippen LogP contribution < -0.4 is 5.56 Å². The molecule has 0 spiro atoms. The second-order valence-electron chi connectivity index (χ2n) is 6.23. The molecule has 1 saturated heterocycles. The molecule has 1 aromatic carbocycles. The normalized spacial score (nSPS) is 15.3. The first-order chi connectivity index (χ1) is 12.2. The van der Waals surface area contributed by atoms with E-state index in [9.17, 15) is 9.59 Å². The van der Waals surface area contributed by atoms with Crippen molar-refractivity contribution in [1.29, 1.82) is 0 Å². The van der Waals surface area contributed by atoms with Gasteiger partial charge in [-0.15, -0.1) is 0 Å². The lowest BCUT2D eigenvalue weighted by Gasteiger charge is -2.22. The number of aryl methyl sites for hydroxylation is 1. The van der Waals surface area contributed by atoms with Crippen LogP contribution in [0.2, 0.25) is 0 Å². The Kier molecular flexibility index (Phi) is 5.91. The van der Waals surface area contributed by atoms with Crippen LogP contribution in [0.15, 0.2) is 46.3 Å². The Hall–Kier alpha value is -2.08. The monoisotopic (exact) mass is 357 g/mol. The molecule has 1 aliphatic rings. The molecular formula is C19H23N3O2S. The number of hydrogen-bond acceptors (Lipinski definition) is 4. The first-order valence-electron chi connectivity index (χ1n) is 8.78. The highest BCUT2D eigenvalue weighted by Gasteiger charge is 2.29. The molecule has 5 nitrogen and oxygen atoms in total. The Morgan fingerprint density at radius 1 is 1.28 bits per heavy atom. The smallest absolute Gasteiger partial charge is 0.251 e. The zero-order chi connectivity index (χ0) is 17.6. The first kappa shape index (κ1) is 17.7. The molecule has 1 aromatic heterocycles. The van der Waals surface area contributed by atoms with Crippen molar-refractivity contribution in [3.8, 4) is 0 Å². The van der Waals surface area contributed by atoms with Crippen LogP contribution in [0.4, 0.5) is 0 Å². The van der Waals surface area contributed by atoms with E-state index >= 15 is 0 Å². The van der Waals surface area contributed by atoms with Crippen molar-refractivity contribution in [3.05, 3.63) is 58.0 Å². The number of rotatable bonds is 6. The summed E-state index contributed by atoms with van der Waals surface area (Å²) < 4.78 is 0. The van der Waals surface area contributed by atoms with Crippen molar-refractivity contribution in [3.63, 3.8) is 0 Å². The Labute approximate surface area is 151 Å². The summed E-state index contributed by atoms with van der Waals surface area (Å²) in [4.78, 5) is 34.2. The third-order valence-electron chi connectivity index (χ3n) is 4.25. The summed E-state index contributed by atoms with van der Waals surface area (Å²) >= 11 is 1.33. The van der Waals surface area contributed by atoms with Crippen molar-refractivity contribution < 1.29 is 4.79 Å². The molecule has 2 aromatic rings. The average molecular weight is 357 g/mol. The number of hydrogen-bond donors (Lipinski definition) is 1.